The summed E-state index contributed by atoms with van der Waals surface area (Å²) >= 11 is 0. The number of anilines is 1. The Morgan fingerprint density at radius 3 is 2.86 bits per heavy atom. The third kappa shape index (κ3) is 3.17. The maximum atomic E-state index is 12.0. The highest BCUT2D eigenvalue weighted by Crippen LogP contribution is 2.37. The molecule has 0 atom stereocenters. The summed E-state index contributed by atoms with van der Waals surface area (Å²) < 4.78 is 5.13. The van der Waals surface area contributed by atoms with Gasteiger partial charge in [0.25, 0.3) is 5.91 Å². The smallest absolute Gasteiger partial charge is 0.295 e. The second kappa shape index (κ2) is 5.63. The molecule has 106 valence electrons. The second-order valence-electron chi connectivity index (χ2n) is 4.74. The van der Waals surface area contributed by atoms with Crippen LogP contribution in [0.15, 0.2) is 24.3 Å². The lowest BCUT2D eigenvalue weighted by molar-refractivity contribution is 0.101. The van der Waals surface area contributed by atoms with Crippen LogP contribution in [-0.4, -0.2) is 27.7 Å². The van der Waals surface area contributed by atoms with E-state index >= 15 is 0 Å². The number of carbonyl (C=O) groups is 1. The third-order valence-electron chi connectivity index (χ3n) is 3.09. The molecule has 21 heavy (non-hydrogen) atoms. The van der Waals surface area contributed by atoms with Gasteiger partial charge < -0.3 is 10.1 Å². The van der Waals surface area contributed by atoms with Gasteiger partial charge in [0, 0.05) is 11.6 Å². The van der Waals surface area contributed by atoms with E-state index in [1.807, 2.05) is 6.07 Å². The second-order valence-corrected chi connectivity index (χ2v) is 4.74. The van der Waals surface area contributed by atoms with Gasteiger partial charge in [-0.2, -0.15) is 5.26 Å². The van der Waals surface area contributed by atoms with Crippen LogP contribution in [-0.2, 0) is 0 Å². The molecule has 3 rings (SSSR count). The summed E-state index contributed by atoms with van der Waals surface area (Å²) in [5.41, 5.74) is 0.613. The number of carbonyl (C=O) groups excluding carboxylic acids is 1. The van der Waals surface area contributed by atoms with Crippen molar-refractivity contribution in [1.82, 2.24) is 15.2 Å². The van der Waals surface area contributed by atoms with Crippen LogP contribution in [0.3, 0.4) is 0 Å². The monoisotopic (exact) mass is 283 g/mol. The Bertz CT molecular complexity index is 682. The molecule has 0 saturated heterocycles. The molecular weight excluding hydrogens is 270 g/mol. The van der Waals surface area contributed by atoms with Crippen molar-refractivity contribution in [3.05, 3.63) is 35.9 Å². The fraction of sp³-hybridized carbons (Fsp3) is 0.286. The summed E-state index contributed by atoms with van der Waals surface area (Å²) in [5.74, 6) is 1.56. The van der Waals surface area contributed by atoms with Crippen LogP contribution in [0.25, 0.3) is 0 Å². The molecule has 1 amide bonds. The van der Waals surface area contributed by atoms with Crippen molar-refractivity contribution >= 4 is 11.6 Å². The predicted octanol–water partition coefficient (Wildman–Crippen LogP) is 1.84. The van der Waals surface area contributed by atoms with E-state index in [1.165, 1.54) is 0 Å². The van der Waals surface area contributed by atoms with Gasteiger partial charge in [-0.3, -0.25) is 9.89 Å². The first-order valence-corrected chi connectivity index (χ1v) is 6.60. The minimum Gasteiger partial charge on any atom is -0.479 e. The van der Waals surface area contributed by atoms with Crippen LogP contribution < -0.4 is 10.1 Å². The van der Waals surface area contributed by atoms with Crippen LogP contribution in [0.5, 0.6) is 5.75 Å². The Morgan fingerprint density at radius 2 is 2.19 bits per heavy atom. The van der Waals surface area contributed by atoms with Gasteiger partial charge in [-0.1, -0.05) is 0 Å². The number of rotatable bonds is 5. The Labute approximate surface area is 121 Å². The first-order valence-electron chi connectivity index (χ1n) is 6.60. The molecule has 1 aliphatic rings. The van der Waals surface area contributed by atoms with E-state index in [-0.39, 0.29) is 18.3 Å². The number of hydrogen-bond donors (Lipinski definition) is 2. The number of nitriles is 1. The lowest BCUT2D eigenvalue weighted by Gasteiger charge is -2.04. The summed E-state index contributed by atoms with van der Waals surface area (Å²) in [6.45, 7) is -0.00710. The fourth-order valence-corrected chi connectivity index (χ4v) is 1.85. The Kier molecular flexibility index (Phi) is 3.51. The minimum atomic E-state index is -0.358. The molecule has 1 aromatic carbocycles. The zero-order chi connectivity index (χ0) is 14.7. The van der Waals surface area contributed by atoms with Gasteiger partial charge in [-0.05, 0) is 37.1 Å². The minimum absolute atomic E-state index is 0.00710. The van der Waals surface area contributed by atoms with Crippen molar-refractivity contribution in [2.45, 2.75) is 18.8 Å². The lowest BCUT2D eigenvalue weighted by Crippen LogP contribution is -2.13. The highest BCUT2D eigenvalue weighted by Gasteiger charge is 2.28. The highest BCUT2D eigenvalue weighted by atomic mass is 16.5. The number of aromatic amines is 1. The Hall–Kier alpha value is -2.88. The molecule has 0 bridgehead atoms. The van der Waals surface area contributed by atoms with Crippen LogP contribution in [0.4, 0.5) is 5.69 Å². The lowest BCUT2D eigenvalue weighted by atomic mass is 10.3. The molecule has 7 nitrogen and oxygen atoms in total. The quantitative estimate of drug-likeness (QED) is 0.871. The average Bonchev–Trinajstić information content (AvgIpc) is 3.23. The molecule has 1 fully saturated rings. The van der Waals surface area contributed by atoms with Crippen molar-refractivity contribution in [2.24, 2.45) is 0 Å². The molecular formula is C14H13N5O2. The van der Waals surface area contributed by atoms with E-state index in [2.05, 4.69) is 20.5 Å². The van der Waals surface area contributed by atoms with Crippen molar-refractivity contribution < 1.29 is 9.53 Å². The normalized spacial score (nSPS) is 13.5. The topological polar surface area (TPSA) is 104 Å². The molecule has 2 N–H and O–H groups in total. The third-order valence-corrected chi connectivity index (χ3v) is 3.09. The van der Waals surface area contributed by atoms with Crippen molar-refractivity contribution in [2.75, 3.05) is 11.9 Å². The number of aromatic nitrogens is 3. The molecule has 1 aliphatic carbocycles. The number of hydrogen-bond acceptors (Lipinski definition) is 5. The molecule has 0 radical (unpaired) electrons. The Morgan fingerprint density at radius 1 is 1.43 bits per heavy atom. The maximum Gasteiger partial charge on any atom is 0.295 e. The highest BCUT2D eigenvalue weighted by molar-refractivity contribution is 6.01. The molecule has 0 spiro atoms. The first kappa shape index (κ1) is 13.1. The van der Waals surface area contributed by atoms with Gasteiger partial charge >= 0.3 is 0 Å². The molecule has 1 aromatic heterocycles. The van der Waals surface area contributed by atoms with Crippen LogP contribution in [0, 0.1) is 11.3 Å². The van der Waals surface area contributed by atoms with Crippen molar-refractivity contribution in [1.29, 1.82) is 5.26 Å². The molecule has 0 unspecified atom stereocenters. The van der Waals surface area contributed by atoms with Gasteiger partial charge in [0.05, 0.1) is 0 Å². The van der Waals surface area contributed by atoms with E-state index in [1.54, 1.807) is 24.3 Å². The van der Waals surface area contributed by atoms with Gasteiger partial charge in [0.2, 0.25) is 5.82 Å². The van der Waals surface area contributed by atoms with Crippen LogP contribution in [0.2, 0.25) is 0 Å². The largest absolute Gasteiger partial charge is 0.479 e. The van der Waals surface area contributed by atoms with Crippen molar-refractivity contribution in [3.8, 4) is 11.8 Å². The van der Waals surface area contributed by atoms with Crippen LogP contribution >= 0.6 is 0 Å². The number of amides is 1. The predicted molar refractivity (Wildman–Crippen MR) is 73.9 cm³/mol. The number of nitrogens with zero attached hydrogens (tertiary/aromatic N) is 3. The zero-order valence-electron chi connectivity index (χ0n) is 11.2. The van der Waals surface area contributed by atoms with Gasteiger partial charge in [0.1, 0.15) is 17.6 Å². The summed E-state index contributed by atoms with van der Waals surface area (Å²) in [6.07, 6.45) is 2.20. The zero-order valence-corrected chi connectivity index (χ0v) is 11.2. The average molecular weight is 283 g/mol. The number of benzene rings is 1. The SMILES string of the molecule is N#CCOc1ccc(NC(=O)c2n[nH]c(C3CC3)n2)cc1. The number of ether oxygens (including phenoxy) is 1. The van der Waals surface area contributed by atoms with E-state index < -0.39 is 0 Å². The van der Waals surface area contributed by atoms with Crippen LogP contribution in [0.1, 0.15) is 35.2 Å². The van der Waals surface area contributed by atoms with Crippen molar-refractivity contribution in [3.63, 3.8) is 0 Å². The first-order chi connectivity index (χ1) is 10.3. The molecule has 7 heteroatoms. The summed E-state index contributed by atoms with van der Waals surface area (Å²) in [5, 5.41) is 17.9. The summed E-state index contributed by atoms with van der Waals surface area (Å²) in [6, 6.07) is 8.64. The van der Waals surface area contributed by atoms with E-state index in [9.17, 15) is 4.79 Å². The van der Waals surface area contributed by atoms with Gasteiger partial charge in [-0.25, -0.2) is 4.98 Å². The van der Waals surface area contributed by atoms with E-state index in [0.717, 1.165) is 18.7 Å². The molecule has 1 heterocycles. The fourth-order valence-electron chi connectivity index (χ4n) is 1.85. The summed E-state index contributed by atoms with van der Waals surface area (Å²) in [4.78, 5) is 16.2. The molecule has 1 saturated carbocycles. The van der Waals surface area contributed by atoms with E-state index in [0.29, 0.717) is 17.4 Å². The molecule has 2 aromatic rings. The maximum absolute atomic E-state index is 12.0. The standard InChI is InChI=1S/C14H13N5O2/c15-7-8-21-11-5-3-10(4-6-11)16-14(20)13-17-12(18-19-13)9-1-2-9/h3-6,9H,1-2,8H2,(H,16,20)(H,17,18,19). The van der Waals surface area contributed by atoms with E-state index in [4.69, 9.17) is 10.00 Å². The Balaban J connectivity index is 1.62. The number of H-pyrrole nitrogens is 1. The molecule has 0 aliphatic heterocycles. The van der Waals surface area contributed by atoms with Gasteiger partial charge in [0.15, 0.2) is 6.61 Å². The summed E-state index contributed by atoms with van der Waals surface area (Å²) in [7, 11) is 0. The number of nitrogens with one attached hydrogen (secondary N) is 2. The van der Waals surface area contributed by atoms with Gasteiger partial charge in [-0.15, -0.1) is 5.10 Å².